The fourth-order valence-electron chi connectivity index (χ4n) is 2.01. The molecule has 1 aromatic carbocycles. The van der Waals surface area contributed by atoms with E-state index < -0.39 is 0 Å². The normalized spacial score (nSPS) is 10.4. The van der Waals surface area contributed by atoms with Crippen molar-refractivity contribution in [3.05, 3.63) is 59.4 Å². The SMILES string of the molecule is CCCCN(Cc1ccc(Cl)nc1)c1ccccc1. The number of unbranched alkanes of at least 4 members (excludes halogenated alkanes) is 1. The molecule has 2 nitrogen and oxygen atoms in total. The van der Waals surface area contributed by atoms with Crippen molar-refractivity contribution < 1.29 is 0 Å². The van der Waals surface area contributed by atoms with Gasteiger partial charge >= 0.3 is 0 Å². The molecule has 0 aliphatic carbocycles. The van der Waals surface area contributed by atoms with E-state index in [0.717, 1.165) is 13.1 Å². The Balaban J connectivity index is 2.11. The predicted molar refractivity (Wildman–Crippen MR) is 81.6 cm³/mol. The van der Waals surface area contributed by atoms with Crippen molar-refractivity contribution in [1.29, 1.82) is 0 Å². The van der Waals surface area contributed by atoms with Crippen LogP contribution in [0.5, 0.6) is 0 Å². The van der Waals surface area contributed by atoms with Crippen molar-refractivity contribution in [2.24, 2.45) is 0 Å². The van der Waals surface area contributed by atoms with Gasteiger partial charge in [-0.3, -0.25) is 0 Å². The molecule has 0 atom stereocenters. The quantitative estimate of drug-likeness (QED) is 0.719. The molecular formula is C16H19ClN2. The summed E-state index contributed by atoms with van der Waals surface area (Å²) in [5.41, 5.74) is 2.44. The van der Waals surface area contributed by atoms with Crippen LogP contribution in [0.3, 0.4) is 0 Å². The Morgan fingerprint density at radius 2 is 1.89 bits per heavy atom. The molecule has 0 saturated heterocycles. The lowest BCUT2D eigenvalue weighted by Gasteiger charge is -2.24. The van der Waals surface area contributed by atoms with E-state index in [1.165, 1.54) is 24.1 Å². The fraction of sp³-hybridized carbons (Fsp3) is 0.312. The van der Waals surface area contributed by atoms with Crippen molar-refractivity contribution in [3.63, 3.8) is 0 Å². The van der Waals surface area contributed by atoms with Crippen LogP contribution in [0.15, 0.2) is 48.7 Å². The lowest BCUT2D eigenvalue weighted by atomic mass is 10.2. The van der Waals surface area contributed by atoms with E-state index in [1.807, 2.05) is 24.4 Å². The minimum Gasteiger partial charge on any atom is -0.367 e. The van der Waals surface area contributed by atoms with Crippen LogP contribution in [0.25, 0.3) is 0 Å². The van der Waals surface area contributed by atoms with Gasteiger partial charge in [0.25, 0.3) is 0 Å². The van der Waals surface area contributed by atoms with Crippen LogP contribution in [0.4, 0.5) is 5.69 Å². The Kier molecular flexibility index (Phi) is 5.22. The molecule has 3 heteroatoms. The van der Waals surface area contributed by atoms with Crippen molar-refractivity contribution in [2.75, 3.05) is 11.4 Å². The largest absolute Gasteiger partial charge is 0.367 e. The van der Waals surface area contributed by atoms with Gasteiger partial charge in [-0.2, -0.15) is 0 Å². The molecule has 0 amide bonds. The minimum atomic E-state index is 0.545. The van der Waals surface area contributed by atoms with Gasteiger partial charge in [-0.05, 0) is 30.2 Å². The maximum atomic E-state index is 5.82. The summed E-state index contributed by atoms with van der Waals surface area (Å²) in [5.74, 6) is 0. The minimum absolute atomic E-state index is 0.545. The van der Waals surface area contributed by atoms with Gasteiger partial charge in [0.15, 0.2) is 0 Å². The number of anilines is 1. The summed E-state index contributed by atoms with van der Waals surface area (Å²) in [6, 6.07) is 14.4. The first-order chi connectivity index (χ1) is 9.29. The number of para-hydroxylation sites is 1. The van der Waals surface area contributed by atoms with Crippen molar-refractivity contribution in [1.82, 2.24) is 4.98 Å². The van der Waals surface area contributed by atoms with E-state index in [2.05, 4.69) is 41.1 Å². The summed E-state index contributed by atoms with van der Waals surface area (Å²) in [4.78, 5) is 6.53. The highest BCUT2D eigenvalue weighted by atomic mass is 35.5. The second-order valence-corrected chi connectivity index (χ2v) is 4.99. The third-order valence-electron chi connectivity index (χ3n) is 3.07. The predicted octanol–water partition coefficient (Wildman–Crippen LogP) is 4.54. The highest BCUT2D eigenvalue weighted by molar-refractivity contribution is 6.29. The van der Waals surface area contributed by atoms with Gasteiger partial charge in [-0.1, -0.05) is 49.2 Å². The van der Waals surface area contributed by atoms with Gasteiger partial charge in [-0.15, -0.1) is 0 Å². The molecule has 0 spiro atoms. The maximum Gasteiger partial charge on any atom is 0.129 e. The molecule has 1 aromatic heterocycles. The molecule has 0 N–H and O–H groups in total. The van der Waals surface area contributed by atoms with Gasteiger partial charge in [0.1, 0.15) is 5.15 Å². The van der Waals surface area contributed by atoms with Crippen LogP contribution in [0.2, 0.25) is 5.15 Å². The van der Waals surface area contributed by atoms with Crippen molar-refractivity contribution in [2.45, 2.75) is 26.3 Å². The summed E-state index contributed by atoms with van der Waals surface area (Å²) >= 11 is 5.82. The molecule has 0 aliphatic heterocycles. The first kappa shape index (κ1) is 13.9. The van der Waals surface area contributed by atoms with Gasteiger partial charge in [0.05, 0.1) is 0 Å². The smallest absolute Gasteiger partial charge is 0.129 e. The molecule has 1 heterocycles. The number of aromatic nitrogens is 1. The number of hydrogen-bond acceptors (Lipinski definition) is 2. The second kappa shape index (κ2) is 7.15. The fourth-order valence-corrected chi connectivity index (χ4v) is 2.12. The highest BCUT2D eigenvalue weighted by Gasteiger charge is 2.06. The molecule has 0 fully saturated rings. The number of benzene rings is 1. The van der Waals surface area contributed by atoms with E-state index in [0.29, 0.717) is 5.15 Å². The summed E-state index contributed by atoms with van der Waals surface area (Å²) in [5, 5.41) is 0.545. The number of rotatable bonds is 6. The number of pyridine rings is 1. The van der Waals surface area contributed by atoms with E-state index >= 15 is 0 Å². The zero-order valence-corrected chi connectivity index (χ0v) is 12.0. The van der Waals surface area contributed by atoms with Crippen LogP contribution in [-0.2, 0) is 6.54 Å². The van der Waals surface area contributed by atoms with Crippen LogP contribution >= 0.6 is 11.6 Å². The first-order valence-electron chi connectivity index (χ1n) is 6.70. The summed E-state index contributed by atoms with van der Waals surface area (Å²) in [6.07, 6.45) is 4.24. The number of nitrogens with zero attached hydrogens (tertiary/aromatic N) is 2. The number of halogens is 1. The summed E-state index contributed by atoms with van der Waals surface area (Å²) in [6.45, 7) is 4.14. The molecule has 0 radical (unpaired) electrons. The summed E-state index contributed by atoms with van der Waals surface area (Å²) < 4.78 is 0. The molecule has 100 valence electrons. The van der Waals surface area contributed by atoms with E-state index in [9.17, 15) is 0 Å². The molecule has 0 unspecified atom stereocenters. The highest BCUT2D eigenvalue weighted by Crippen LogP contribution is 2.17. The maximum absolute atomic E-state index is 5.82. The topological polar surface area (TPSA) is 16.1 Å². The van der Waals surface area contributed by atoms with Crippen molar-refractivity contribution >= 4 is 17.3 Å². The van der Waals surface area contributed by atoms with Gasteiger partial charge in [-0.25, -0.2) is 4.98 Å². The lowest BCUT2D eigenvalue weighted by molar-refractivity contribution is 0.715. The average molecular weight is 275 g/mol. The molecule has 2 aromatic rings. The zero-order chi connectivity index (χ0) is 13.5. The molecule has 2 rings (SSSR count). The number of hydrogen-bond donors (Lipinski definition) is 0. The van der Waals surface area contributed by atoms with Crippen LogP contribution in [0, 0.1) is 0 Å². The Hall–Kier alpha value is -1.54. The Bertz CT molecular complexity index is 482. The van der Waals surface area contributed by atoms with Crippen LogP contribution in [-0.4, -0.2) is 11.5 Å². The van der Waals surface area contributed by atoms with E-state index in [-0.39, 0.29) is 0 Å². The first-order valence-corrected chi connectivity index (χ1v) is 7.08. The van der Waals surface area contributed by atoms with Crippen molar-refractivity contribution in [3.8, 4) is 0 Å². The third-order valence-corrected chi connectivity index (χ3v) is 3.29. The zero-order valence-electron chi connectivity index (χ0n) is 11.2. The standard InChI is InChI=1S/C16H19ClN2/c1-2-3-11-19(15-7-5-4-6-8-15)13-14-9-10-16(17)18-12-14/h4-10,12H,2-3,11,13H2,1H3. The van der Waals surface area contributed by atoms with Gasteiger partial charge < -0.3 is 4.90 Å². The Morgan fingerprint density at radius 1 is 1.11 bits per heavy atom. The Labute approximate surface area is 120 Å². The summed E-state index contributed by atoms with van der Waals surface area (Å²) in [7, 11) is 0. The van der Waals surface area contributed by atoms with Gasteiger partial charge in [0, 0.05) is 25.0 Å². The molecule has 0 saturated carbocycles. The molecule has 0 bridgehead atoms. The lowest BCUT2D eigenvalue weighted by Crippen LogP contribution is -2.23. The van der Waals surface area contributed by atoms with Crippen LogP contribution < -0.4 is 4.90 Å². The van der Waals surface area contributed by atoms with Gasteiger partial charge in [0.2, 0.25) is 0 Å². The monoisotopic (exact) mass is 274 g/mol. The van der Waals surface area contributed by atoms with Crippen LogP contribution in [0.1, 0.15) is 25.3 Å². The average Bonchev–Trinajstić information content (AvgIpc) is 2.46. The second-order valence-electron chi connectivity index (χ2n) is 4.60. The molecule has 19 heavy (non-hydrogen) atoms. The van der Waals surface area contributed by atoms with E-state index in [4.69, 9.17) is 11.6 Å². The van der Waals surface area contributed by atoms with E-state index in [1.54, 1.807) is 0 Å². The molecular weight excluding hydrogens is 256 g/mol. The third kappa shape index (κ3) is 4.25. The molecule has 0 aliphatic rings. The Morgan fingerprint density at radius 3 is 2.53 bits per heavy atom.